The van der Waals surface area contributed by atoms with Crippen LogP contribution in [0.2, 0.25) is 0 Å². The van der Waals surface area contributed by atoms with Crippen LogP contribution in [0, 0.1) is 13.8 Å². The fourth-order valence-corrected chi connectivity index (χ4v) is 2.53. The van der Waals surface area contributed by atoms with E-state index in [9.17, 15) is 4.79 Å². The molecule has 0 bridgehead atoms. The minimum absolute atomic E-state index is 0.0125. The van der Waals surface area contributed by atoms with E-state index in [1.54, 1.807) is 0 Å². The highest BCUT2D eigenvalue weighted by molar-refractivity contribution is 7.13. The number of nitrogens with zero attached hydrogens (tertiary/aromatic N) is 1. The Morgan fingerprint density at radius 2 is 2.18 bits per heavy atom. The molecule has 88 valence electrons. The summed E-state index contributed by atoms with van der Waals surface area (Å²) in [6.45, 7) is 4.07. The van der Waals surface area contributed by atoms with Crippen LogP contribution in [-0.2, 0) is 11.2 Å². The first-order chi connectivity index (χ1) is 8.06. The van der Waals surface area contributed by atoms with E-state index in [1.807, 2.05) is 19.2 Å². The zero-order chi connectivity index (χ0) is 12.4. The number of carboxylic acid groups (broad SMARTS) is 1. The average Bonchev–Trinajstić information content (AvgIpc) is 2.69. The van der Waals surface area contributed by atoms with E-state index < -0.39 is 5.97 Å². The summed E-state index contributed by atoms with van der Waals surface area (Å²) >= 11 is 1.49. The zero-order valence-electron chi connectivity index (χ0n) is 9.73. The van der Waals surface area contributed by atoms with Crippen molar-refractivity contribution in [2.24, 2.45) is 0 Å². The van der Waals surface area contributed by atoms with Gasteiger partial charge in [0.1, 0.15) is 5.01 Å². The molecule has 17 heavy (non-hydrogen) atoms. The van der Waals surface area contributed by atoms with Gasteiger partial charge in [0.15, 0.2) is 0 Å². The van der Waals surface area contributed by atoms with E-state index in [1.165, 1.54) is 16.9 Å². The van der Waals surface area contributed by atoms with Crippen molar-refractivity contribution in [3.63, 3.8) is 0 Å². The van der Waals surface area contributed by atoms with Gasteiger partial charge < -0.3 is 5.11 Å². The Hall–Kier alpha value is -1.68. The molecule has 2 rings (SSSR count). The van der Waals surface area contributed by atoms with E-state index >= 15 is 0 Å². The highest BCUT2D eigenvalue weighted by Crippen LogP contribution is 2.27. The molecule has 0 aliphatic rings. The van der Waals surface area contributed by atoms with Crippen LogP contribution in [0.1, 0.15) is 16.8 Å². The molecule has 0 unspecified atom stereocenters. The molecule has 3 nitrogen and oxygen atoms in total. The quantitative estimate of drug-likeness (QED) is 0.906. The molecule has 0 aliphatic carbocycles. The van der Waals surface area contributed by atoms with Gasteiger partial charge in [-0.05, 0) is 25.5 Å². The SMILES string of the molecule is Cc1ccc(C)c(-c2nc(CC(=O)O)cs2)c1. The summed E-state index contributed by atoms with van der Waals surface area (Å²) < 4.78 is 0. The van der Waals surface area contributed by atoms with Crippen molar-refractivity contribution in [3.8, 4) is 10.6 Å². The van der Waals surface area contributed by atoms with Crippen molar-refractivity contribution in [1.82, 2.24) is 4.98 Å². The van der Waals surface area contributed by atoms with Gasteiger partial charge in [-0.1, -0.05) is 17.7 Å². The van der Waals surface area contributed by atoms with Crippen molar-refractivity contribution >= 4 is 17.3 Å². The molecule has 0 atom stereocenters. The van der Waals surface area contributed by atoms with Crippen LogP contribution in [0.5, 0.6) is 0 Å². The van der Waals surface area contributed by atoms with Crippen LogP contribution in [0.15, 0.2) is 23.6 Å². The van der Waals surface area contributed by atoms with Gasteiger partial charge >= 0.3 is 5.97 Å². The fourth-order valence-electron chi connectivity index (χ4n) is 1.63. The maximum absolute atomic E-state index is 10.6. The van der Waals surface area contributed by atoms with Crippen molar-refractivity contribution < 1.29 is 9.90 Å². The summed E-state index contributed by atoms with van der Waals surface area (Å²) in [7, 11) is 0. The Kier molecular flexibility index (Phi) is 3.24. The van der Waals surface area contributed by atoms with Gasteiger partial charge in [0.25, 0.3) is 0 Å². The van der Waals surface area contributed by atoms with Gasteiger partial charge in [0.2, 0.25) is 0 Å². The molecule has 0 saturated carbocycles. The highest BCUT2D eigenvalue weighted by atomic mass is 32.1. The predicted octanol–water partition coefficient (Wildman–Crippen LogP) is 3.05. The number of aliphatic carboxylic acids is 1. The lowest BCUT2D eigenvalue weighted by Crippen LogP contribution is -1.99. The van der Waals surface area contributed by atoms with E-state index in [0.29, 0.717) is 5.69 Å². The molecule has 0 radical (unpaired) electrons. The average molecular weight is 247 g/mol. The molecule has 0 fully saturated rings. The third kappa shape index (κ3) is 2.71. The normalized spacial score (nSPS) is 10.5. The summed E-state index contributed by atoms with van der Waals surface area (Å²) in [5.74, 6) is -0.845. The number of benzene rings is 1. The molecule has 1 aromatic carbocycles. The molecule has 0 aliphatic heterocycles. The molecular weight excluding hydrogens is 234 g/mol. The molecule has 0 saturated heterocycles. The molecule has 2 aromatic rings. The maximum Gasteiger partial charge on any atom is 0.309 e. The van der Waals surface area contributed by atoms with E-state index in [-0.39, 0.29) is 6.42 Å². The van der Waals surface area contributed by atoms with Crippen molar-refractivity contribution in [1.29, 1.82) is 0 Å². The summed E-state index contributed by atoms with van der Waals surface area (Å²) in [5, 5.41) is 11.4. The van der Waals surface area contributed by atoms with Crippen LogP contribution in [0.3, 0.4) is 0 Å². The van der Waals surface area contributed by atoms with Gasteiger partial charge in [-0.3, -0.25) is 4.79 Å². The topological polar surface area (TPSA) is 50.2 Å². The summed E-state index contributed by atoms with van der Waals surface area (Å²) in [4.78, 5) is 15.0. The number of rotatable bonds is 3. The van der Waals surface area contributed by atoms with Crippen LogP contribution in [0.25, 0.3) is 10.6 Å². The second-order valence-corrected chi connectivity index (χ2v) is 4.89. The smallest absolute Gasteiger partial charge is 0.309 e. The Morgan fingerprint density at radius 3 is 2.88 bits per heavy atom. The number of hydrogen-bond acceptors (Lipinski definition) is 3. The third-order valence-corrected chi connectivity index (χ3v) is 3.43. The number of thiazole rings is 1. The minimum Gasteiger partial charge on any atom is -0.481 e. The lowest BCUT2D eigenvalue weighted by atomic mass is 10.1. The lowest BCUT2D eigenvalue weighted by molar-refractivity contribution is -0.136. The maximum atomic E-state index is 10.6. The summed E-state index contributed by atoms with van der Waals surface area (Å²) in [6, 6.07) is 6.20. The number of aryl methyl sites for hydroxylation is 2. The first-order valence-electron chi connectivity index (χ1n) is 5.30. The first-order valence-corrected chi connectivity index (χ1v) is 6.18. The molecule has 1 heterocycles. The summed E-state index contributed by atoms with van der Waals surface area (Å²) in [5.41, 5.74) is 4.05. The zero-order valence-corrected chi connectivity index (χ0v) is 10.5. The second-order valence-electron chi connectivity index (χ2n) is 4.03. The van der Waals surface area contributed by atoms with Crippen molar-refractivity contribution in [2.75, 3.05) is 0 Å². The Labute approximate surface area is 104 Å². The van der Waals surface area contributed by atoms with Crippen molar-refractivity contribution in [3.05, 3.63) is 40.4 Å². The largest absolute Gasteiger partial charge is 0.481 e. The second kappa shape index (κ2) is 4.67. The van der Waals surface area contributed by atoms with Crippen LogP contribution in [0.4, 0.5) is 0 Å². The Bertz CT molecular complexity index is 560. The molecule has 0 spiro atoms. The van der Waals surface area contributed by atoms with Gasteiger partial charge in [0.05, 0.1) is 12.1 Å². The van der Waals surface area contributed by atoms with Gasteiger partial charge in [0, 0.05) is 10.9 Å². The monoisotopic (exact) mass is 247 g/mol. The number of hydrogen-bond donors (Lipinski definition) is 1. The Morgan fingerprint density at radius 1 is 1.41 bits per heavy atom. The Balaban J connectivity index is 2.36. The van der Waals surface area contributed by atoms with Crippen LogP contribution in [-0.4, -0.2) is 16.1 Å². The highest BCUT2D eigenvalue weighted by Gasteiger charge is 2.09. The van der Waals surface area contributed by atoms with Gasteiger partial charge in [-0.25, -0.2) is 4.98 Å². The van der Waals surface area contributed by atoms with Crippen molar-refractivity contribution in [2.45, 2.75) is 20.3 Å². The minimum atomic E-state index is -0.845. The predicted molar refractivity (Wildman–Crippen MR) is 68.4 cm³/mol. The van der Waals surface area contributed by atoms with E-state index in [4.69, 9.17) is 5.11 Å². The number of carboxylic acids is 1. The molecule has 4 heteroatoms. The fraction of sp³-hybridized carbons (Fsp3) is 0.231. The molecule has 0 amide bonds. The molecule has 1 N–H and O–H groups in total. The number of aromatic nitrogens is 1. The standard InChI is InChI=1S/C13H13NO2S/c1-8-3-4-9(2)11(5-8)13-14-10(7-17-13)6-12(15)16/h3-5,7H,6H2,1-2H3,(H,15,16). The van der Waals surface area contributed by atoms with E-state index in [2.05, 4.69) is 23.2 Å². The summed E-state index contributed by atoms with van der Waals surface area (Å²) in [6.07, 6.45) is -0.0125. The molecular formula is C13H13NO2S. The third-order valence-electron chi connectivity index (χ3n) is 2.51. The number of carbonyl (C=O) groups is 1. The van der Waals surface area contributed by atoms with E-state index in [0.717, 1.165) is 16.1 Å². The molecule has 1 aromatic heterocycles. The van der Waals surface area contributed by atoms with Gasteiger partial charge in [-0.2, -0.15) is 0 Å². The first kappa shape index (κ1) is 11.8. The van der Waals surface area contributed by atoms with Crippen LogP contribution < -0.4 is 0 Å². The lowest BCUT2D eigenvalue weighted by Gasteiger charge is -2.03. The van der Waals surface area contributed by atoms with Gasteiger partial charge in [-0.15, -0.1) is 11.3 Å². The van der Waals surface area contributed by atoms with Crippen LogP contribution >= 0.6 is 11.3 Å².